The number of halogens is 19. The standard InChI is InChI=1S/C16H16F19NO2P/c1-36(2,3)6-7(37)39(38)5-4-8(17,18)9(19,20)10(21,22)11(23,24)12(25,26)13(27,28)14(29,30)15(31,32)16(33,34)35/h38H,4-6H2,1-3H3/q+1. The van der Waals surface area contributed by atoms with E-state index in [4.69, 9.17) is 0 Å². The lowest BCUT2D eigenvalue weighted by molar-refractivity contribution is -0.861. The number of carbonyl (C=O) groups excluding carboxylic acids is 1. The predicted octanol–water partition coefficient (Wildman–Crippen LogP) is 6.64. The number of likely N-dealkylation sites (N-methyl/N-ethyl adjacent to an activating group) is 1. The molecular formula is C16H16F19NO2P+. The van der Waals surface area contributed by atoms with Crippen molar-refractivity contribution in [1.82, 2.24) is 0 Å². The van der Waals surface area contributed by atoms with Gasteiger partial charge in [0.15, 0.2) is 0 Å². The van der Waals surface area contributed by atoms with Gasteiger partial charge in [-0.25, -0.2) is 0 Å². The molecule has 0 aromatic heterocycles. The second kappa shape index (κ2) is 10.2. The largest absolute Gasteiger partial charge is 0.460 e. The van der Waals surface area contributed by atoms with Crippen LogP contribution in [-0.2, 0) is 4.79 Å². The number of alkyl halides is 19. The van der Waals surface area contributed by atoms with Gasteiger partial charge in [-0.1, -0.05) is 0 Å². The lowest BCUT2D eigenvalue weighted by Gasteiger charge is -2.43. The highest BCUT2D eigenvalue weighted by molar-refractivity contribution is 7.69. The molecule has 0 amide bonds. The normalized spacial score (nSPS) is 16.9. The first-order chi connectivity index (χ1) is 16.5. The van der Waals surface area contributed by atoms with Gasteiger partial charge in [-0.3, -0.25) is 4.79 Å². The van der Waals surface area contributed by atoms with Crippen molar-refractivity contribution in [2.75, 3.05) is 33.8 Å². The van der Waals surface area contributed by atoms with E-state index in [1.165, 1.54) is 21.1 Å². The van der Waals surface area contributed by atoms with Crippen molar-refractivity contribution in [1.29, 1.82) is 0 Å². The third kappa shape index (κ3) is 6.01. The number of hydrogen-bond acceptors (Lipinski definition) is 2. The van der Waals surface area contributed by atoms with Crippen LogP contribution in [0.25, 0.3) is 0 Å². The summed E-state index contributed by atoms with van der Waals surface area (Å²) in [7, 11) is 0.361. The highest BCUT2D eigenvalue weighted by Gasteiger charge is 2.96. The van der Waals surface area contributed by atoms with Crippen LogP contribution in [0.15, 0.2) is 0 Å². The summed E-state index contributed by atoms with van der Waals surface area (Å²) in [5, 5.41) is 0. The van der Waals surface area contributed by atoms with Gasteiger partial charge in [-0.2, -0.15) is 83.4 Å². The fourth-order valence-electron chi connectivity index (χ4n) is 2.41. The second-order valence-electron chi connectivity index (χ2n) is 8.94. The van der Waals surface area contributed by atoms with Crippen molar-refractivity contribution < 1.29 is 97.6 Å². The van der Waals surface area contributed by atoms with Crippen LogP contribution in [0.2, 0.25) is 0 Å². The first kappa shape index (κ1) is 37.7. The van der Waals surface area contributed by atoms with Crippen LogP contribution in [0.3, 0.4) is 0 Å². The molecule has 0 aliphatic heterocycles. The number of carbonyl (C=O) groups is 1. The monoisotopic (exact) mass is 646 g/mol. The third-order valence-electron chi connectivity index (χ3n) is 4.72. The number of quaternary nitrogens is 1. The lowest BCUT2D eigenvalue weighted by Crippen LogP contribution is -2.75. The van der Waals surface area contributed by atoms with Crippen LogP contribution in [-0.4, -0.2) is 102 Å². The molecular weight excluding hydrogens is 630 g/mol. The fraction of sp³-hybridized carbons (Fsp3) is 0.938. The minimum atomic E-state index is -8.98. The van der Waals surface area contributed by atoms with Crippen LogP contribution in [0.5, 0.6) is 0 Å². The molecule has 234 valence electrons. The molecule has 0 saturated heterocycles. The Morgan fingerprint density at radius 2 is 0.846 bits per heavy atom. The second-order valence-corrected chi connectivity index (χ2v) is 10.7. The number of hydrogen-bond donors (Lipinski definition) is 1. The third-order valence-corrected chi connectivity index (χ3v) is 6.08. The summed E-state index contributed by atoms with van der Waals surface area (Å²) < 4.78 is 252. The van der Waals surface area contributed by atoms with E-state index in [9.17, 15) is 93.1 Å². The highest BCUT2D eigenvalue weighted by atomic mass is 31.1. The van der Waals surface area contributed by atoms with Gasteiger partial charge in [0.05, 0.1) is 21.1 Å². The molecule has 0 rings (SSSR count). The van der Waals surface area contributed by atoms with Crippen molar-refractivity contribution in [3.05, 3.63) is 0 Å². The molecule has 23 heteroatoms. The highest BCUT2D eigenvalue weighted by Crippen LogP contribution is 2.65. The Balaban J connectivity index is 6.53. The molecule has 0 fully saturated rings. The zero-order valence-corrected chi connectivity index (χ0v) is 19.9. The quantitative estimate of drug-likeness (QED) is 0.139. The summed E-state index contributed by atoms with van der Waals surface area (Å²) in [6.07, 6.45) is -12.8. The van der Waals surface area contributed by atoms with E-state index in [0.29, 0.717) is 0 Å². The van der Waals surface area contributed by atoms with Crippen LogP contribution in [0, 0.1) is 0 Å². The molecule has 0 aliphatic carbocycles. The zero-order valence-electron chi connectivity index (χ0n) is 19.1. The maximum absolute atomic E-state index is 13.8. The Kier molecular flexibility index (Phi) is 9.86. The van der Waals surface area contributed by atoms with E-state index in [1.54, 1.807) is 0 Å². The molecule has 39 heavy (non-hydrogen) atoms. The van der Waals surface area contributed by atoms with Crippen LogP contribution < -0.4 is 0 Å². The first-order valence-corrected chi connectivity index (χ1v) is 10.9. The maximum Gasteiger partial charge on any atom is 0.460 e. The Morgan fingerprint density at radius 3 is 1.13 bits per heavy atom. The molecule has 0 saturated carbocycles. The molecule has 0 radical (unpaired) electrons. The van der Waals surface area contributed by atoms with Crippen molar-refractivity contribution in [3.8, 4) is 0 Å². The van der Waals surface area contributed by atoms with E-state index < -0.39 is 86.4 Å². The van der Waals surface area contributed by atoms with Gasteiger partial charge < -0.3 is 9.38 Å². The van der Waals surface area contributed by atoms with E-state index >= 15 is 0 Å². The average Bonchev–Trinajstić information content (AvgIpc) is 2.68. The van der Waals surface area contributed by atoms with Crippen molar-refractivity contribution >= 4 is 13.7 Å². The summed E-state index contributed by atoms with van der Waals surface area (Å²) in [5.41, 5.74) is -1.37. The van der Waals surface area contributed by atoms with Crippen LogP contribution >= 0.6 is 8.15 Å². The van der Waals surface area contributed by atoms with Gasteiger partial charge >= 0.3 is 53.6 Å². The molecule has 0 heterocycles. The van der Waals surface area contributed by atoms with Crippen molar-refractivity contribution in [2.24, 2.45) is 0 Å². The molecule has 0 aromatic carbocycles. The van der Waals surface area contributed by atoms with Gasteiger partial charge in [-0.15, -0.1) is 0 Å². The molecule has 1 atom stereocenters. The molecule has 3 nitrogen and oxygen atoms in total. The number of nitrogens with zero attached hydrogens (tertiary/aromatic N) is 1. The topological polar surface area (TPSA) is 37.3 Å². The van der Waals surface area contributed by atoms with E-state index in [0.717, 1.165) is 0 Å². The van der Waals surface area contributed by atoms with Gasteiger partial charge in [0.1, 0.15) is 14.7 Å². The van der Waals surface area contributed by atoms with Gasteiger partial charge in [-0.05, 0) is 0 Å². The molecule has 1 N–H and O–H groups in total. The smallest absolute Gasteiger partial charge is 0.366 e. The van der Waals surface area contributed by atoms with Gasteiger partial charge in [0.25, 0.3) is 0 Å². The van der Waals surface area contributed by atoms with Gasteiger partial charge in [0, 0.05) is 12.6 Å². The van der Waals surface area contributed by atoms with Gasteiger partial charge in [0.2, 0.25) is 5.52 Å². The van der Waals surface area contributed by atoms with Crippen molar-refractivity contribution in [3.63, 3.8) is 0 Å². The summed E-state index contributed by atoms with van der Waals surface area (Å²) >= 11 is 0. The zero-order chi connectivity index (χ0) is 32.3. The Hall–Kier alpha value is -1.31. The molecule has 0 aliphatic rings. The summed E-state index contributed by atoms with van der Waals surface area (Å²) in [4.78, 5) is 21.1. The van der Waals surface area contributed by atoms with Crippen LogP contribution in [0.1, 0.15) is 6.42 Å². The summed E-state index contributed by atoms with van der Waals surface area (Å²) in [6.45, 7) is -0.712. The maximum atomic E-state index is 13.8. The molecule has 0 bridgehead atoms. The Labute approximate surface area is 206 Å². The van der Waals surface area contributed by atoms with Crippen molar-refractivity contribution in [2.45, 2.75) is 60.0 Å². The average molecular weight is 646 g/mol. The molecule has 0 aromatic rings. The first-order valence-electron chi connectivity index (χ1n) is 9.40. The van der Waals surface area contributed by atoms with E-state index in [-0.39, 0.29) is 4.48 Å². The minimum Gasteiger partial charge on any atom is -0.366 e. The van der Waals surface area contributed by atoms with E-state index in [1.807, 2.05) is 0 Å². The summed E-state index contributed by atoms with van der Waals surface area (Å²) in [6, 6.07) is 0. The number of rotatable bonds is 13. The Morgan fingerprint density at radius 1 is 0.564 bits per heavy atom. The SMILES string of the molecule is C[N+](C)(C)CC(=O)P(O)CCC(F)(F)C(F)(F)C(F)(F)C(F)(F)C(F)(F)C(F)(F)C(F)(F)C(F)(F)C(F)(F)F. The molecule has 0 spiro atoms. The van der Waals surface area contributed by atoms with E-state index in [2.05, 4.69) is 0 Å². The fourth-order valence-corrected chi connectivity index (χ4v) is 3.74. The predicted molar refractivity (Wildman–Crippen MR) is 92.2 cm³/mol. The summed E-state index contributed by atoms with van der Waals surface area (Å²) in [5.74, 6) is -67.2. The minimum absolute atomic E-state index is 0.337. The van der Waals surface area contributed by atoms with Crippen LogP contribution in [0.4, 0.5) is 83.4 Å². The Bertz CT molecular complexity index is 893. The lowest BCUT2D eigenvalue weighted by atomic mass is 9.87. The molecule has 1 unspecified atom stereocenters.